The van der Waals surface area contributed by atoms with Crippen molar-refractivity contribution in [3.63, 3.8) is 0 Å². The van der Waals surface area contributed by atoms with Crippen LogP contribution in [0.25, 0.3) is 16.9 Å². The molecule has 2 heterocycles. The Morgan fingerprint density at radius 3 is 2.73 bits per heavy atom. The van der Waals surface area contributed by atoms with E-state index in [1.807, 2.05) is 0 Å². The van der Waals surface area contributed by atoms with Gasteiger partial charge in [-0.1, -0.05) is 0 Å². The van der Waals surface area contributed by atoms with E-state index in [1.165, 1.54) is 7.11 Å². The molecule has 0 saturated heterocycles. The van der Waals surface area contributed by atoms with E-state index in [2.05, 4.69) is 15.0 Å². The smallest absolute Gasteiger partial charge is 0.222 e. The van der Waals surface area contributed by atoms with E-state index in [4.69, 9.17) is 20.7 Å². The summed E-state index contributed by atoms with van der Waals surface area (Å²) in [7, 11) is 2.37. The van der Waals surface area contributed by atoms with Gasteiger partial charge in [-0.2, -0.15) is 0 Å². The molecule has 2 aromatic heterocycles. The zero-order valence-electron chi connectivity index (χ0n) is 11.9. The molecule has 0 spiro atoms. The van der Waals surface area contributed by atoms with Crippen molar-refractivity contribution in [3.05, 3.63) is 22.4 Å². The fourth-order valence-corrected chi connectivity index (χ4v) is 1.71. The fourth-order valence-electron chi connectivity index (χ4n) is 1.71. The van der Waals surface area contributed by atoms with Crippen molar-refractivity contribution in [2.75, 3.05) is 20.8 Å². The van der Waals surface area contributed by atoms with Gasteiger partial charge in [-0.05, 0) is 0 Å². The summed E-state index contributed by atoms with van der Waals surface area (Å²) in [6.45, 7) is -0.318. The van der Waals surface area contributed by atoms with Crippen molar-refractivity contribution in [1.29, 1.82) is 0 Å². The number of alkyl halides is 1. The molecule has 0 aromatic carbocycles. The first kappa shape index (κ1) is 20.6. The third-order valence-corrected chi connectivity index (χ3v) is 2.73. The Morgan fingerprint density at radius 2 is 2.18 bits per heavy atom. The summed E-state index contributed by atoms with van der Waals surface area (Å²) in [5.41, 5.74) is 6.69. The van der Waals surface area contributed by atoms with Crippen LogP contribution in [0.1, 0.15) is 12.7 Å². The third-order valence-electron chi connectivity index (χ3n) is 2.73. The molecule has 0 saturated carbocycles. The standard InChI is InChI=1S/C10H14FN5O3.CH4O.Ir/c1-19-5(3-17)2-6(11)16-4-13-7-8(16)14-10(12)15-9(7)18;1-2;/h4-6,17H,2-3H2,1H3,(H3,12,14,15,18);2H,1H3;/p-1. The van der Waals surface area contributed by atoms with Crippen molar-refractivity contribution < 1.29 is 39.4 Å². The molecule has 4 N–H and O–H groups in total. The maximum Gasteiger partial charge on any atom is 0.222 e. The number of hydrogen-bond donors (Lipinski definition) is 3. The Kier molecular flexibility index (Phi) is 8.98. The van der Waals surface area contributed by atoms with E-state index < -0.39 is 18.0 Å². The summed E-state index contributed by atoms with van der Waals surface area (Å²) in [6.07, 6.45) is -1.19. The predicted molar refractivity (Wildman–Crippen MR) is 72.9 cm³/mol. The van der Waals surface area contributed by atoms with Gasteiger partial charge < -0.3 is 30.7 Å². The monoisotopic (exact) mass is 495 g/mol. The number of nitrogens with one attached hydrogen (secondary N) is 2. The van der Waals surface area contributed by atoms with Crippen molar-refractivity contribution in [2.45, 2.75) is 18.8 Å². The largest absolute Gasteiger partial charge is 0.411 e. The van der Waals surface area contributed by atoms with Crippen LogP contribution in [-0.2, 0) is 24.8 Å². The fraction of sp³-hybridized carbons (Fsp3) is 0.545. The molecule has 0 aliphatic rings. The molecule has 0 bridgehead atoms. The number of aromatic amines is 1. The number of nitrogens with zero attached hydrogens (tertiary/aromatic N) is 3. The summed E-state index contributed by atoms with van der Waals surface area (Å²) < 4.78 is 20.0. The molecular formula is C11H17FIrN5O4-. The number of aliphatic hydroxyl groups excluding tert-OH is 2. The summed E-state index contributed by atoms with van der Waals surface area (Å²) in [6, 6.07) is 0. The van der Waals surface area contributed by atoms with Crippen molar-refractivity contribution in [2.24, 2.45) is 0 Å². The number of H-pyrrole nitrogens is 1. The second-order valence-electron chi connectivity index (χ2n) is 3.95. The molecule has 11 heteroatoms. The molecule has 9 nitrogen and oxygen atoms in total. The van der Waals surface area contributed by atoms with E-state index in [0.717, 1.165) is 18.0 Å². The van der Waals surface area contributed by atoms with Crippen molar-refractivity contribution in [3.8, 4) is 0 Å². The van der Waals surface area contributed by atoms with Gasteiger partial charge >= 0.3 is 0 Å². The number of rotatable bonds is 5. The number of fused-ring (bicyclic) bond motifs is 1. The Labute approximate surface area is 138 Å². The van der Waals surface area contributed by atoms with Gasteiger partial charge in [0.2, 0.25) is 5.56 Å². The third kappa shape index (κ3) is 4.55. The van der Waals surface area contributed by atoms with E-state index >= 15 is 0 Å². The molecule has 127 valence electrons. The predicted octanol–water partition coefficient (Wildman–Crippen LogP) is 0.275. The van der Waals surface area contributed by atoms with Crippen molar-refractivity contribution in [1.82, 2.24) is 19.5 Å². The van der Waals surface area contributed by atoms with Gasteiger partial charge in [0.15, 0.2) is 6.30 Å². The molecule has 1 radical (unpaired) electrons. The van der Waals surface area contributed by atoms with Gasteiger partial charge in [0.25, 0.3) is 0 Å². The summed E-state index contributed by atoms with van der Waals surface area (Å²) in [4.78, 5) is 21.2. The van der Waals surface area contributed by atoms with Crippen LogP contribution in [-0.4, -0.2) is 56.7 Å². The topological polar surface area (TPSA) is 137 Å². The van der Waals surface area contributed by atoms with Crippen molar-refractivity contribution >= 4 is 17.1 Å². The molecule has 0 aliphatic carbocycles. The minimum Gasteiger partial charge on any atom is -0.411 e. The van der Waals surface area contributed by atoms with Crippen LogP contribution in [0.4, 0.5) is 10.3 Å². The van der Waals surface area contributed by atoms with Gasteiger partial charge in [-0.3, -0.25) is 9.36 Å². The van der Waals surface area contributed by atoms with Crippen LogP contribution >= 0.6 is 0 Å². The number of aliphatic hydroxyl groups is 2. The summed E-state index contributed by atoms with van der Waals surface area (Å²) >= 11 is 0. The quantitative estimate of drug-likeness (QED) is 0.546. The zero-order valence-corrected chi connectivity index (χ0v) is 14.3. The number of imidazole rings is 1. The SMILES string of the molecule is CO.COC(CO)CC(F)n1cnc2c(=O)[nH]c([NH-])nc21.[Ir]. The number of hydrogen-bond acceptors (Lipinski definition) is 6. The molecule has 0 fully saturated rings. The van der Waals surface area contributed by atoms with Gasteiger partial charge in [0.1, 0.15) is 5.52 Å². The molecule has 0 aliphatic heterocycles. The average molecular weight is 495 g/mol. The maximum absolute atomic E-state index is 14.1. The van der Waals surface area contributed by atoms with Crippen LogP contribution in [0.15, 0.2) is 11.1 Å². The Morgan fingerprint density at radius 1 is 1.55 bits per heavy atom. The minimum atomic E-state index is -1.56. The number of aromatic nitrogens is 4. The zero-order chi connectivity index (χ0) is 16.0. The first-order chi connectivity index (χ1) is 10.1. The van der Waals surface area contributed by atoms with Gasteiger partial charge in [0, 0.05) is 46.7 Å². The second kappa shape index (κ2) is 9.59. The van der Waals surface area contributed by atoms with E-state index in [0.29, 0.717) is 0 Å². The van der Waals surface area contributed by atoms with E-state index in [-0.39, 0.29) is 50.2 Å². The van der Waals surface area contributed by atoms with Crippen LogP contribution in [0.5, 0.6) is 0 Å². The van der Waals surface area contributed by atoms with E-state index in [9.17, 15) is 9.18 Å². The van der Waals surface area contributed by atoms with Crippen LogP contribution in [0, 0.1) is 0 Å². The molecule has 0 amide bonds. The molecular weight excluding hydrogens is 477 g/mol. The summed E-state index contributed by atoms with van der Waals surface area (Å²) in [5, 5.41) is 16.0. The van der Waals surface area contributed by atoms with Gasteiger partial charge in [0.05, 0.1) is 24.7 Å². The Bertz CT molecular complexity index is 630. The number of methoxy groups -OCH3 is 1. The Balaban J connectivity index is 0.00000141. The molecule has 2 rings (SSSR count). The average Bonchev–Trinajstić information content (AvgIpc) is 2.90. The minimum absolute atomic E-state index is 0. The molecule has 22 heavy (non-hydrogen) atoms. The van der Waals surface area contributed by atoms with Gasteiger partial charge in [-0.25, -0.2) is 9.37 Å². The van der Waals surface area contributed by atoms with Crippen LogP contribution in [0.2, 0.25) is 0 Å². The second-order valence-corrected chi connectivity index (χ2v) is 3.95. The normalized spacial score (nSPS) is 13.0. The van der Waals surface area contributed by atoms with Crippen LogP contribution in [0.3, 0.4) is 0 Å². The van der Waals surface area contributed by atoms with Gasteiger partial charge in [-0.15, -0.1) is 0 Å². The maximum atomic E-state index is 14.1. The first-order valence-corrected chi connectivity index (χ1v) is 5.97. The molecule has 2 aromatic rings. The molecule has 2 unspecified atom stereocenters. The van der Waals surface area contributed by atoms with Crippen LogP contribution < -0.4 is 5.56 Å². The first-order valence-electron chi connectivity index (χ1n) is 5.97. The number of halogens is 1. The van der Waals surface area contributed by atoms with E-state index in [1.54, 1.807) is 0 Å². The Hall–Kier alpha value is -1.39. The number of ether oxygens (including phenoxy) is 1. The molecule has 2 atom stereocenters. The summed E-state index contributed by atoms with van der Waals surface area (Å²) in [5.74, 6) is -0.364.